The summed E-state index contributed by atoms with van der Waals surface area (Å²) in [6.45, 7) is 1.42. The molecule has 0 atom stereocenters. The van der Waals surface area contributed by atoms with Crippen molar-refractivity contribution in [2.24, 2.45) is 0 Å². The second-order valence-corrected chi connectivity index (χ2v) is 7.52. The Morgan fingerprint density at radius 3 is 2.59 bits per heavy atom. The van der Waals surface area contributed by atoms with Gasteiger partial charge in [0, 0.05) is 24.0 Å². The fourth-order valence-electron chi connectivity index (χ4n) is 3.80. The van der Waals surface area contributed by atoms with Crippen molar-refractivity contribution in [1.29, 1.82) is 0 Å². The quantitative estimate of drug-likeness (QED) is 0.481. The Kier molecular flexibility index (Phi) is 5.44. The van der Waals surface area contributed by atoms with Crippen molar-refractivity contribution in [2.45, 2.75) is 18.9 Å². The average molecular weight is 426 g/mol. The summed E-state index contributed by atoms with van der Waals surface area (Å²) in [4.78, 5) is 16.8. The second-order valence-electron chi connectivity index (χ2n) is 7.52. The normalized spacial score (nSPS) is 14.2. The molecule has 1 fully saturated rings. The summed E-state index contributed by atoms with van der Waals surface area (Å²) in [5.74, 6) is 4.95. The highest BCUT2D eigenvalue weighted by atomic mass is 16.5. The Balaban J connectivity index is 1.49. The van der Waals surface area contributed by atoms with Gasteiger partial charge in [0.1, 0.15) is 35.3 Å². The minimum Gasteiger partial charge on any atom is -0.497 e. The Hall–Kier alpha value is -3.89. The molecule has 1 N–H and O–H groups in total. The smallest absolute Gasteiger partial charge is 0.181 e. The number of hydrogen-bond donors (Lipinski definition) is 1. The molecule has 0 unspecified atom stereocenters. The minimum absolute atomic E-state index is 0.118. The van der Waals surface area contributed by atoms with E-state index in [1.165, 1.54) is 6.33 Å². The van der Waals surface area contributed by atoms with Crippen LogP contribution in [0.2, 0.25) is 0 Å². The number of hydrogen-bond acceptors (Lipinski definition) is 6. The zero-order valence-electron chi connectivity index (χ0n) is 17.7. The predicted octanol–water partition coefficient (Wildman–Crippen LogP) is 4.23. The summed E-state index contributed by atoms with van der Waals surface area (Å²) in [7, 11) is 1.64. The lowest BCUT2D eigenvalue weighted by Gasteiger charge is -2.24. The van der Waals surface area contributed by atoms with Crippen molar-refractivity contribution in [3.8, 4) is 46.5 Å². The fourth-order valence-corrected chi connectivity index (χ4v) is 3.80. The first-order chi connectivity index (χ1) is 15.7. The molecule has 32 heavy (non-hydrogen) atoms. The third-order valence-corrected chi connectivity index (χ3v) is 5.52. The molecule has 5 rings (SSSR count). The van der Waals surface area contributed by atoms with Gasteiger partial charge in [0.2, 0.25) is 0 Å². The molecule has 2 aromatic heterocycles. The number of rotatable bonds is 5. The Labute approximate surface area is 185 Å². The zero-order valence-corrected chi connectivity index (χ0v) is 17.7. The van der Waals surface area contributed by atoms with Crippen LogP contribution >= 0.6 is 0 Å². The van der Waals surface area contributed by atoms with Crippen LogP contribution in [0.3, 0.4) is 0 Å². The standard InChI is InChI=1S/C25H22N4O3/c1-3-16-14-18(6-9-21(16)32-20-10-12-31-13-11-20)22-23-25(27-15-26-22)29-24(28-23)17-4-7-19(30-2)8-5-17/h1,4-9,14-15,20H,10-13H2,2H3,(H,26,27,28,29). The molecular weight excluding hydrogens is 404 g/mol. The van der Waals surface area contributed by atoms with Crippen molar-refractivity contribution in [3.63, 3.8) is 0 Å². The van der Waals surface area contributed by atoms with Crippen molar-refractivity contribution in [3.05, 3.63) is 54.4 Å². The SMILES string of the molecule is C#Cc1cc(-c2ncnc3nc(-c4ccc(OC)cc4)[nH]c23)ccc1OC1CCOCC1. The Morgan fingerprint density at radius 2 is 1.84 bits per heavy atom. The maximum absolute atomic E-state index is 6.15. The van der Waals surface area contributed by atoms with Crippen LogP contribution in [0.4, 0.5) is 0 Å². The van der Waals surface area contributed by atoms with Gasteiger partial charge in [-0.3, -0.25) is 0 Å². The van der Waals surface area contributed by atoms with Crippen LogP contribution in [0, 0.1) is 12.3 Å². The number of nitrogens with zero attached hydrogens (tertiary/aromatic N) is 3. The van der Waals surface area contributed by atoms with Gasteiger partial charge in [-0.25, -0.2) is 15.0 Å². The monoisotopic (exact) mass is 426 g/mol. The first kappa shape index (κ1) is 20.0. The van der Waals surface area contributed by atoms with E-state index in [1.807, 2.05) is 42.5 Å². The van der Waals surface area contributed by atoms with Crippen LogP contribution in [0.1, 0.15) is 18.4 Å². The van der Waals surface area contributed by atoms with E-state index in [2.05, 4.69) is 25.9 Å². The molecule has 7 heteroatoms. The number of fused-ring (bicyclic) bond motifs is 1. The van der Waals surface area contributed by atoms with Crippen LogP contribution < -0.4 is 9.47 Å². The lowest BCUT2D eigenvalue weighted by Crippen LogP contribution is -2.26. The zero-order chi connectivity index (χ0) is 21.9. The fraction of sp³-hybridized carbons (Fsp3) is 0.240. The summed E-state index contributed by atoms with van der Waals surface area (Å²) in [5, 5.41) is 0. The van der Waals surface area contributed by atoms with Gasteiger partial charge in [0.15, 0.2) is 5.65 Å². The number of imidazole rings is 1. The van der Waals surface area contributed by atoms with Gasteiger partial charge in [-0.05, 0) is 42.5 Å². The lowest BCUT2D eigenvalue weighted by atomic mass is 10.1. The highest BCUT2D eigenvalue weighted by molar-refractivity contribution is 5.89. The molecule has 7 nitrogen and oxygen atoms in total. The van der Waals surface area contributed by atoms with Crippen LogP contribution in [-0.4, -0.2) is 46.4 Å². The number of aromatic amines is 1. The molecule has 0 amide bonds. The topological polar surface area (TPSA) is 82.2 Å². The number of H-pyrrole nitrogens is 1. The first-order valence-corrected chi connectivity index (χ1v) is 10.5. The largest absolute Gasteiger partial charge is 0.497 e. The molecule has 0 bridgehead atoms. The van der Waals surface area contributed by atoms with Gasteiger partial charge in [-0.15, -0.1) is 6.42 Å². The van der Waals surface area contributed by atoms with Crippen LogP contribution in [-0.2, 0) is 4.74 Å². The van der Waals surface area contributed by atoms with Crippen molar-refractivity contribution in [2.75, 3.05) is 20.3 Å². The molecular formula is C25H22N4O3. The van der Waals surface area contributed by atoms with E-state index in [1.54, 1.807) is 7.11 Å². The summed E-state index contributed by atoms with van der Waals surface area (Å²) in [6.07, 6.45) is 9.15. The average Bonchev–Trinajstić information content (AvgIpc) is 3.29. The van der Waals surface area contributed by atoms with Gasteiger partial charge in [0.25, 0.3) is 0 Å². The maximum atomic E-state index is 6.15. The van der Waals surface area contributed by atoms with Crippen molar-refractivity contribution < 1.29 is 14.2 Å². The van der Waals surface area contributed by atoms with Crippen LogP contribution in [0.15, 0.2) is 48.8 Å². The molecule has 2 aromatic carbocycles. The molecule has 0 spiro atoms. The van der Waals surface area contributed by atoms with Gasteiger partial charge >= 0.3 is 0 Å². The molecule has 1 aliphatic rings. The van der Waals surface area contributed by atoms with Gasteiger partial charge in [-0.2, -0.15) is 0 Å². The number of ether oxygens (including phenoxy) is 3. The second kappa shape index (κ2) is 8.69. The Bertz CT molecular complexity index is 1290. The van der Waals surface area contributed by atoms with E-state index in [0.717, 1.165) is 40.9 Å². The van der Waals surface area contributed by atoms with E-state index < -0.39 is 0 Å². The van der Waals surface area contributed by atoms with Crippen molar-refractivity contribution >= 4 is 11.2 Å². The summed E-state index contributed by atoms with van der Waals surface area (Å²) < 4.78 is 16.8. The van der Waals surface area contributed by atoms with Crippen LogP contribution in [0.5, 0.6) is 11.5 Å². The summed E-state index contributed by atoms with van der Waals surface area (Å²) >= 11 is 0. The van der Waals surface area contributed by atoms with Gasteiger partial charge < -0.3 is 19.2 Å². The summed E-state index contributed by atoms with van der Waals surface area (Å²) in [5.41, 5.74) is 4.56. The number of benzene rings is 2. The summed E-state index contributed by atoms with van der Waals surface area (Å²) in [6, 6.07) is 13.5. The van der Waals surface area contributed by atoms with Crippen LogP contribution in [0.25, 0.3) is 33.8 Å². The molecule has 0 radical (unpaired) electrons. The molecule has 160 valence electrons. The molecule has 1 saturated heterocycles. The number of terminal acetylenes is 1. The molecule has 3 heterocycles. The Morgan fingerprint density at radius 1 is 1.06 bits per heavy atom. The van der Waals surface area contributed by atoms with E-state index in [4.69, 9.17) is 20.6 Å². The lowest BCUT2D eigenvalue weighted by molar-refractivity contribution is 0.0254. The molecule has 1 aliphatic heterocycles. The highest BCUT2D eigenvalue weighted by Gasteiger charge is 2.18. The molecule has 0 saturated carbocycles. The van der Waals surface area contributed by atoms with E-state index in [9.17, 15) is 0 Å². The first-order valence-electron chi connectivity index (χ1n) is 10.5. The van der Waals surface area contributed by atoms with Gasteiger partial charge in [-0.1, -0.05) is 5.92 Å². The van der Waals surface area contributed by atoms with E-state index in [0.29, 0.717) is 36.0 Å². The third kappa shape index (κ3) is 3.88. The van der Waals surface area contributed by atoms with Crippen molar-refractivity contribution in [1.82, 2.24) is 19.9 Å². The number of methoxy groups -OCH3 is 1. The predicted molar refractivity (Wildman–Crippen MR) is 122 cm³/mol. The minimum atomic E-state index is 0.118. The van der Waals surface area contributed by atoms with Gasteiger partial charge in [0.05, 0.1) is 31.6 Å². The van der Waals surface area contributed by atoms with E-state index in [-0.39, 0.29) is 6.10 Å². The number of aromatic nitrogens is 4. The maximum Gasteiger partial charge on any atom is 0.181 e. The molecule has 0 aliphatic carbocycles. The number of nitrogens with one attached hydrogen (secondary N) is 1. The van der Waals surface area contributed by atoms with E-state index >= 15 is 0 Å². The third-order valence-electron chi connectivity index (χ3n) is 5.52. The highest BCUT2D eigenvalue weighted by Crippen LogP contribution is 2.31. The molecule has 4 aromatic rings.